The average Bonchev–Trinajstić information content (AvgIpc) is 2.99. The summed E-state index contributed by atoms with van der Waals surface area (Å²) >= 11 is 0. The second-order valence-electron chi connectivity index (χ2n) is 13.5. The lowest BCUT2D eigenvalue weighted by atomic mass is 9.90. The number of nitrogens with two attached hydrogens (primary N) is 2. The van der Waals surface area contributed by atoms with E-state index in [0.717, 1.165) is 31.4 Å². The molecule has 0 unspecified atom stereocenters. The van der Waals surface area contributed by atoms with Crippen molar-refractivity contribution in [3.63, 3.8) is 0 Å². The van der Waals surface area contributed by atoms with Gasteiger partial charge in [-0.1, -0.05) is 32.4 Å². The highest BCUT2D eigenvalue weighted by molar-refractivity contribution is 5.92. The zero-order valence-electron chi connectivity index (χ0n) is 29.3. The van der Waals surface area contributed by atoms with Gasteiger partial charge in [-0.2, -0.15) is 0 Å². The predicted molar refractivity (Wildman–Crippen MR) is 184 cm³/mol. The third kappa shape index (κ3) is 17.4. The number of amides is 5. The Kier molecular flexibility index (Phi) is 18.9. The maximum Gasteiger partial charge on any atom is 0.409 e. The highest BCUT2D eigenvalue weighted by Crippen LogP contribution is 2.21. The van der Waals surface area contributed by atoms with Crippen LogP contribution in [-0.2, 0) is 20.9 Å². The number of primary amides is 1. The van der Waals surface area contributed by atoms with Crippen LogP contribution >= 0.6 is 0 Å². The van der Waals surface area contributed by atoms with E-state index in [4.69, 9.17) is 16.2 Å². The lowest BCUT2D eigenvalue weighted by molar-refractivity contribution is -0.122. The quantitative estimate of drug-likeness (QED) is 0.123. The first-order valence-electron chi connectivity index (χ1n) is 16.7. The van der Waals surface area contributed by atoms with E-state index in [0.29, 0.717) is 57.4 Å². The van der Waals surface area contributed by atoms with Crippen molar-refractivity contribution in [1.29, 1.82) is 0 Å². The number of unbranched alkanes of at least 4 members (excludes halogenated alkanes) is 2. The number of nitrogens with zero attached hydrogens (tertiary/aromatic N) is 2. The molecule has 0 spiro atoms. The molecule has 5 amide bonds. The molecule has 0 bridgehead atoms. The highest BCUT2D eigenvalue weighted by Gasteiger charge is 2.23. The molecule has 0 heterocycles. The first kappa shape index (κ1) is 40.6. The minimum absolute atomic E-state index is 0.0163. The summed E-state index contributed by atoms with van der Waals surface area (Å²) in [7, 11) is 3.75. The fraction of sp³-hybridized carbons (Fsp3) is 0.706. The first-order chi connectivity index (χ1) is 21.6. The summed E-state index contributed by atoms with van der Waals surface area (Å²) in [6.45, 7) is 12.9. The van der Waals surface area contributed by atoms with E-state index in [1.165, 1.54) is 0 Å². The fourth-order valence-electron chi connectivity index (χ4n) is 4.72. The lowest BCUT2D eigenvalue weighted by Crippen LogP contribution is -2.43. The van der Waals surface area contributed by atoms with Gasteiger partial charge in [0.25, 0.3) is 0 Å². The predicted octanol–water partition coefficient (Wildman–Crippen LogP) is 4.43. The molecule has 12 nitrogen and oxygen atoms in total. The summed E-state index contributed by atoms with van der Waals surface area (Å²) in [5.41, 5.74) is 12.2. The van der Waals surface area contributed by atoms with Crippen LogP contribution in [0.3, 0.4) is 0 Å². The molecule has 0 saturated heterocycles. The Labute approximate surface area is 276 Å². The van der Waals surface area contributed by atoms with Gasteiger partial charge in [-0.05, 0) is 96.5 Å². The molecule has 0 aliphatic rings. The molecule has 262 valence electrons. The zero-order valence-corrected chi connectivity index (χ0v) is 29.3. The number of carbonyl (C=O) groups is 4. The smallest absolute Gasteiger partial charge is 0.409 e. The SMILES string of the molecule is CC(C)[C@@H](CC[C@@H](CCCNC(N)=O)C(=O)Nc1ccc(COC(=O)N(C)CCN(C)C(C)(C)C)cc1)NC(=O)CCCCCN. The van der Waals surface area contributed by atoms with Crippen molar-refractivity contribution in [3.05, 3.63) is 29.8 Å². The standard InChI is InChI=1S/C34H61N7O5/c1-25(2)29(39-30(42)13-9-8-10-20-35)19-16-27(12-11-21-37-32(36)44)31(43)38-28-17-14-26(15-18-28)24-46-33(45)40(6)22-23-41(7)34(3,4)5/h14-15,17-18,25,27,29H,8-13,16,19-24,35H2,1-7H3,(H,38,43)(H,39,42)(H3,36,37,44)/t27-,29-/m1/s1. The third-order valence-electron chi connectivity index (χ3n) is 8.30. The van der Waals surface area contributed by atoms with Gasteiger partial charge in [0.2, 0.25) is 11.8 Å². The lowest BCUT2D eigenvalue weighted by Gasteiger charge is -2.33. The summed E-state index contributed by atoms with van der Waals surface area (Å²) in [5.74, 6) is -0.228. The summed E-state index contributed by atoms with van der Waals surface area (Å²) in [6, 6.07) is 6.56. The molecule has 0 aliphatic carbocycles. The van der Waals surface area contributed by atoms with E-state index in [2.05, 4.69) is 55.5 Å². The van der Waals surface area contributed by atoms with Gasteiger partial charge < -0.3 is 37.1 Å². The van der Waals surface area contributed by atoms with Crippen molar-refractivity contribution in [1.82, 2.24) is 20.4 Å². The Morgan fingerprint density at radius 2 is 1.59 bits per heavy atom. The number of rotatable bonds is 21. The molecule has 7 N–H and O–H groups in total. The van der Waals surface area contributed by atoms with Crippen LogP contribution in [0.5, 0.6) is 0 Å². The van der Waals surface area contributed by atoms with Crippen molar-refractivity contribution in [2.75, 3.05) is 45.6 Å². The summed E-state index contributed by atoms with van der Waals surface area (Å²) < 4.78 is 5.48. The Hall–Kier alpha value is -3.38. The molecular weight excluding hydrogens is 586 g/mol. The van der Waals surface area contributed by atoms with Gasteiger partial charge in [0.15, 0.2) is 0 Å². The number of hydrogen-bond donors (Lipinski definition) is 5. The number of likely N-dealkylation sites (N-methyl/N-ethyl adjacent to an activating group) is 2. The van der Waals surface area contributed by atoms with Crippen molar-refractivity contribution >= 4 is 29.6 Å². The van der Waals surface area contributed by atoms with E-state index in [9.17, 15) is 19.2 Å². The van der Waals surface area contributed by atoms with Crippen molar-refractivity contribution < 1.29 is 23.9 Å². The van der Waals surface area contributed by atoms with E-state index in [1.807, 2.05) is 19.2 Å². The molecule has 0 radical (unpaired) electrons. The van der Waals surface area contributed by atoms with Gasteiger partial charge in [0.1, 0.15) is 6.61 Å². The average molecular weight is 648 g/mol. The second-order valence-corrected chi connectivity index (χ2v) is 13.5. The molecule has 0 saturated carbocycles. The third-order valence-corrected chi connectivity index (χ3v) is 8.30. The second kappa shape index (κ2) is 21.4. The number of anilines is 1. The number of ether oxygens (including phenoxy) is 1. The molecule has 0 aliphatic heterocycles. The van der Waals surface area contributed by atoms with Crippen LogP contribution in [0.2, 0.25) is 0 Å². The minimum Gasteiger partial charge on any atom is -0.445 e. The van der Waals surface area contributed by atoms with Gasteiger partial charge >= 0.3 is 12.1 Å². The zero-order chi connectivity index (χ0) is 34.7. The summed E-state index contributed by atoms with van der Waals surface area (Å²) in [4.78, 5) is 53.3. The van der Waals surface area contributed by atoms with Gasteiger partial charge in [-0.3, -0.25) is 14.5 Å². The number of benzene rings is 1. The number of carbonyl (C=O) groups excluding carboxylic acids is 4. The Balaban J connectivity index is 2.74. The summed E-state index contributed by atoms with van der Waals surface area (Å²) in [5, 5.41) is 8.74. The van der Waals surface area contributed by atoms with Crippen LogP contribution in [0.4, 0.5) is 15.3 Å². The van der Waals surface area contributed by atoms with Crippen molar-refractivity contribution in [2.45, 2.75) is 104 Å². The molecule has 1 aromatic carbocycles. The Morgan fingerprint density at radius 3 is 2.17 bits per heavy atom. The van der Waals surface area contributed by atoms with Crippen LogP contribution in [-0.4, -0.2) is 85.6 Å². The molecule has 46 heavy (non-hydrogen) atoms. The van der Waals surface area contributed by atoms with Crippen LogP contribution in [0.25, 0.3) is 0 Å². The van der Waals surface area contributed by atoms with E-state index < -0.39 is 12.1 Å². The molecule has 2 atom stereocenters. The Morgan fingerprint density at radius 1 is 0.913 bits per heavy atom. The van der Waals surface area contributed by atoms with Crippen molar-refractivity contribution in [3.8, 4) is 0 Å². The molecular formula is C34H61N7O5. The van der Waals surface area contributed by atoms with Crippen LogP contribution in [0.1, 0.15) is 91.5 Å². The van der Waals surface area contributed by atoms with Crippen LogP contribution in [0, 0.1) is 11.8 Å². The summed E-state index contributed by atoms with van der Waals surface area (Å²) in [6.07, 6.45) is 5.08. The number of urea groups is 1. The highest BCUT2D eigenvalue weighted by atomic mass is 16.6. The van der Waals surface area contributed by atoms with Crippen molar-refractivity contribution in [2.24, 2.45) is 23.3 Å². The molecule has 12 heteroatoms. The molecule has 0 fully saturated rings. The van der Waals surface area contributed by atoms with Gasteiger partial charge in [-0.15, -0.1) is 0 Å². The van der Waals surface area contributed by atoms with E-state index in [-0.39, 0.29) is 41.8 Å². The molecule has 1 aromatic rings. The normalized spacial score (nSPS) is 12.8. The van der Waals surface area contributed by atoms with Gasteiger partial charge in [0, 0.05) is 56.3 Å². The fourth-order valence-corrected chi connectivity index (χ4v) is 4.72. The Bertz CT molecular complexity index is 1060. The van der Waals surface area contributed by atoms with Crippen LogP contribution in [0.15, 0.2) is 24.3 Å². The largest absolute Gasteiger partial charge is 0.445 e. The van der Waals surface area contributed by atoms with E-state index in [1.54, 1.807) is 24.1 Å². The maximum atomic E-state index is 13.4. The van der Waals surface area contributed by atoms with Gasteiger partial charge in [0.05, 0.1) is 0 Å². The van der Waals surface area contributed by atoms with Crippen LogP contribution < -0.4 is 27.4 Å². The maximum absolute atomic E-state index is 13.4. The van der Waals surface area contributed by atoms with Gasteiger partial charge in [-0.25, -0.2) is 9.59 Å². The van der Waals surface area contributed by atoms with E-state index >= 15 is 0 Å². The molecule has 0 aromatic heterocycles. The minimum atomic E-state index is -0.597. The number of hydrogen-bond acceptors (Lipinski definition) is 7. The molecule has 1 rings (SSSR count). The first-order valence-corrected chi connectivity index (χ1v) is 16.7. The monoisotopic (exact) mass is 647 g/mol. The number of nitrogens with one attached hydrogen (secondary N) is 3. The topological polar surface area (TPSA) is 172 Å².